The molecule has 1 amide bonds. The summed E-state index contributed by atoms with van der Waals surface area (Å²) < 4.78 is 5.60. The second-order valence-electron chi connectivity index (χ2n) is 6.12. The smallest absolute Gasteiger partial charge is 0.310 e. The summed E-state index contributed by atoms with van der Waals surface area (Å²) in [5.41, 5.74) is 2.42. The Kier molecular flexibility index (Phi) is 3.04. The number of carbonyl (C=O) groups excluding carboxylic acids is 1. The molecule has 4 rings (SSSR count). The number of aliphatic carboxylic acids is 1. The SMILES string of the molecule is O=C(O)C1C2C=CC(O2)C1C(=O)N1CCc2ccccc2C1. The van der Waals surface area contributed by atoms with Gasteiger partial charge in [0.15, 0.2) is 0 Å². The van der Waals surface area contributed by atoms with Gasteiger partial charge in [-0.1, -0.05) is 36.4 Å². The third kappa shape index (κ3) is 1.96. The van der Waals surface area contributed by atoms with Crippen molar-refractivity contribution < 1.29 is 19.4 Å². The minimum Gasteiger partial charge on any atom is -0.481 e. The number of amides is 1. The summed E-state index contributed by atoms with van der Waals surface area (Å²) in [6, 6.07) is 8.09. The van der Waals surface area contributed by atoms with E-state index in [4.69, 9.17) is 4.74 Å². The van der Waals surface area contributed by atoms with Crippen molar-refractivity contribution in [3.8, 4) is 0 Å². The molecule has 1 fully saturated rings. The number of nitrogens with zero attached hydrogens (tertiary/aromatic N) is 1. The Bertz CT molecular complexity index is 668. The van der Waals surface area contributed by atoms with Crippen LogP contribution >= 0.6 is 0 Å². The van der Waals surface area contributed by atoms with Crippen LogP contribution in [-0.4, -0.2) is 40.6 Å². The van der Waals surface area contributed by atoms with Crippen LogP contribution in [-0.2, 0) is 27.3 Å². The van der Waals surface area contributed by atoms with Crippen LogP contribution in [0, 0.1) is 11.8 Å². The topological polar surface area (TPSA) is 66.8 Å². The molecule has 0 saturated carbocycles. The number of rotatable bonds is 2. The van der Waals surface area contributed by atoms with E-state index in [9.17, 15) is 14.7 Å². The van der Waals surface area contributed by atoms with Gasteiger partial charge in [-0.25, -0.2) is 0 Å². The van der Waals surface area contributed by atoms with Gasteiger partial charge in [0.1, 0.15) is 5.92 Å². The average molecular weight is 299 g/mol. The van der Waals surface area contributed by atoms with E-state index in [-0.39, 0.29) is 5.91 Å². The van der Waals surface area contributed by atoms with Crippen LogP contribution in [0.15, 0.2) is 36.4 Å². The third-order valence-electron chi connectivity index (χ3n) is 4.91. The first-order chi connectivity index (χ1) is 10.6. The molecular formula is C17H17NO4. The van der Waals surface area contributed by atoms with E-state index >= 15 is 0 Å². The van der Waals surface area contributed by atoms with Gasteiger partial charge >= 0.3 is 5.97 Å². The Hall–Kier alpha value is -2.14. The van der Waals surface area contributed by atoms with Gasteiger partial charge in [0, 0.05) is 13.1 Å². The van der Waals surface area contributed by atoms with Crippen molar-refractivity contribution in [2.45, 2.75) is 25.2 Å². The van der Waals surface area contributed by atoms with E-state index in [0.29, 0.717) is 13.1 Å². The van der Waals surface area contributed by atoms with Crippen LogP contribution in [0.1, 0.15) is 11.1 Å². The summed E-state index contributed by atoms with van der Waals surface area (Å²) in [7, 11) is 0. The summed E-state index contributed by atoms with van der Waals surface area (Å²) in [6.07, 6.45) is 3.55. The third-order valence-corrected chi connectivity index (χ3v) is 4.91. The lowest BCUT2D eigenvalue weighted by atomic mass is 9.81. The largest absolute Gasteiger partial charge is 0.481 e. The molecule has 4 atom stereocenters. The van der Waals surface area contributed by atoms with Crippen LogP contribution in [0.4, 0.5) is 0 Å². The highest BCUT2D eigenvalue weighted by atomic mass is 16.5. The molecule has 3 aliphatic rings. The van der Waals surface area contributed by atoms with Gasteiger partial charge < -0.3 is 14.7 Å². The zero-order chi connectivity index (χ0) is 15.3. The molecule has 0 aromatic heterocycles. The average Bonchev–Trinajstić information content (AvgIpc) is 3.14. The van der Waals surface area contributed by atoms with Gasteiger partial charge in [-0.05, 0) is 17.5 Å². The molecule has 5 nitrogen and oxygen atoms in total. The van der Waals surface area contributed by atoms with Crippen LogP contribution in [0.3, 0.4) is 0 Å². The van der Waals surface area contributed by atoms with Gasteiger partial charge in [0.05, 0.1) is 18.1 Å². The lowest BCUT2D eigenvalue weighted by Gasteiger charge is -2.33. The molecule has 1 aromatic rings. The molecule has 1 aromatic carbocycles. The van der Waals surface area contributed by atoms with Gasteiger partial charge in [0.2, 0.25) is 5.91 Å². The summed E-state index contributed by atoms with van der Waals surface area (Å²) in [4.78, 5) is 26.1. The molecule has 0 radical (unpaired) electrons. The summed E-state index contributed by atoms with van der Waals surface area (Å²) in [5, 5.41) is 9.43. The fourth-order valence-corrected chi connectivity index (χ4v) is 3.79. The molecule has 0 spiro atoms. The molecule has 114 valence electrons. The first-order valence-corrected chi connectivity index (χ1v) is 7.57. The van der Waals surface area contributed by atoms with Crippen molar-refractivity contribution in [2.24, 2.45) is 11.8 Å². The fraction of sp³-hybridized carbons (Fsp3) is 0.412. The van der Waals surface area contributed by atoms with E-state index in [1.807, 2.05) is 24.3 Å². The van der Waals surface area contributed by atoms with E-state index in [1.165, 1.54) is 5.56 Å². The molecular weight excluding hydrogens is 282 g/mol. The number of hydrogen-bond acceptors (Lipinski definition) is 3. The number of fused-ring (bicyclic) bond motifs is 3. The van der Waals surface area contributed by atoms with Crippen molar-refractivity contribution >= 4 is 11.9 Å². The van der Waals surface area contributed by atoms with Gasteiger partial charge in [-0.3, -0.25) is 9.59 Å². The van der Waals surface area contributed by atoms with Gasteiger partial charge in [-0.2, -0.15) is 0 Å². The first kappa shape index (κ1) is 13.5. The maximum Gasteiger partial charge on any atom is 0.310 e. The minimum atomic E-state index is -0.951. The molecule has 3 aliphatic heterocycles. The van der Waals surface area contributed by atoms with Crippen molar-refractivity contribution in [3.05, 3.63) is 47.5 Å². The first-order valence-electron chi connectivity index (χ1n) is 7.57. The number of hydrogen-bond donors (Lipinski definition) is 1. The summed E-state index contributed by atoms with van der Waals surface area (Å²) in [6.45, 7) is 1.19. The second-order valence-corrected chi connectivity index (χ2v) is 6.12. The molecule has 3 heterocycles. The zero-order valence-corrected chi connectivity index (χ0v) is 12.0. The standard InChI is InChI=1S/C17H17NO4/c19-16(14-12-5-6-13(22-12)15(14)17(20)21)18-8-7-10-3-1-2-4-11(10)9-18/h1-6,12-15H,7-9H2,(H,20,21). The highest BCUT2D eigenvalue weighted by Gasteiger charge is 2.54. The van der Waals surface area contributed by atoms with E-state index in [1.54, 1.807) is 11.0 Å². The Morgan fingerprint density at radius 2 is 1.77 bits per heavy atom. The van der Waals surface area contributed by atoms with Crippen molar-refractivity contribution in [2.75, 3.05) is 6.54 Å². The zero-order valence-electron chi connectivity index (χ0n) is 12.0. The minimum absolute atomic E-state index is 0.0984. The van der Waals surface area contributed by atoms with Crippen LogP contribution in [0.2, 0.25) is 0 Å². The quantitative estimate of drug-likeness (QED) is 0.834. The molecule has 22 heavy (non-hydrogen) atoms. The van der Waals surface area contributed by atoms with Crippen LogP contribution in [0.25, 0.3) is 0 Å². The number of ether oxygens (including phenoxy) is 1. The number of benzene rings is 1. The Morgan fingerprint density at radius 1 is 1.09 bits per heavy atom. The number of carbonyl (C=O) groups is 2. The van der Waals surface area contributed by atoms with Crippen molar-refractivity contribution in [1.82, 2.24) is 4.90 Å². The predicted molar refractivity (Wildman–Crippen MR) is 78.0 cm³/mol. The molecule has 1 saturated heterocycles. The molecule has 2 bridgehead atoms. The summed E-state index contributed by atoms with van der Waals surface area (Å²) >= 11 is 0. The highest BCUT2D eigenvalue weighted by Crippen LogP contribution is 2.40. The fourth-order valence-electron chi connectivity index (χ4n) is 3.79. The monoisotopic (exact) mass is 299 g/mol. The lowest BCUT2D eigenvalue weighted by Crippen LogP contribution is -2.46. The Labute approximate surface area is 128 Å². The predicted octanol–water partition coefficient (Wildman–Crippen LogP) is 1.23. The van der Waals surface area contributed by atoms with E-state index in [2.05, 4.69) is 6.07 Å². The Morgan fingerprint density at radius 3 is 2.50 bits per heavy atom. The highest BCUT2D eigenvalue weighted by molar-refractivity contribution is 5.87. The van der Waals surface area contributed by atoms with Gasteiger partial charge in [0.25, 0.3) is 0 Å². The van der Waals surface area contributed by atoms with Crippen molar-refractivity contribution in [3.63, 3.8) is 0 Å². The van der Waals surface area contributed by atoms with Gasteiger partial charge in [-0.15, -0.1) is 0 Å². The van der Waals surface area contributed by atoms with Crippen molar-refractivity contribution in [1.29, 1.82) is 0 Å². The molecule has 0 aliphatic carbocycles. The maximum absolute atomic E-state index is 12.9. The molecule has 4 unspecified atom stereocenters. The lowest BCUT2D eigenvalue weighted by molar-refractivity contribution is -0.150. The summed E-state index contributed by atoms with van der Waals surface area (Å²) in [5.74, 6) is -2.41. The van der Waals surface area contributed by atoms with Crippen LogP contribution in [0.5, 0.6) is 0 Å². The normalized spacial score (nSPS) is 32.1. The van der Waals surface area contributed by atoms with Crippen LogP contribution < -0.4 is 0 Å². The Balaban J connectivity index is 1.58. The number of carboxylic acids is 1. The van der Waals surface area contributed by atoms with E-state index < -0.39 is 30.0 Å². The number of carboxylic acid groups (broad SMARTS) is 1. The molecule has 5 heteroatoms. The second kappa shape index (κ2) is 4.95. The maximum atomic E-state index is 12.9. The molecule has 1 N–H and O–H groups in total. The van der Waals surface area contributed by atoms with E-state index in [0.717, 1.165) is 12.0 Å².